The Labute approximate surface area is 140 Å². The fourth-order valence-electron chi connectivity index (χ4n) is 3.28. The molecule has 4 rings (SSSR count). The van der Waals surface area contributed by atoms with E-state index in [4.69, 9.17) is 0 Å². The largest absolute Gasteiger partial charge is 0.352 e. The van der Waals surface area contributed by atoms with E-state index in [0.717, 1.165) is 31.7 Å². The van der Waals surface area contributed by atoms with Gasteiger partial charge in [0.25, 0.3) is 5.56 Å². The van der Waals surface area contributed by atoms with E-state index in [0.29, 0.717) is 17.9 Å². The Morgan fingerprint density at radius 2 is 2.00 bits per heavy atom. The van der Waals surface area contributed by atoms with Gasteiger partial charge in [0.1, 0.15) is 5.82 Å². The molecule has 1 saturated heterocycles. The van der Waals surface area contributed by atoms with Crippen molar-refractivity contribution in [1.29, 1.82) is 0 Å². The van der Waals surface area contributed by atoms with Crippen LogP contribution in [0.3, 0.4) is 0 Å². The first-order chi connectivity index (χ1) is 11.8. The number of hydrogen-bond donors (Lipinski definition) is 2. The van der Waals surface area contributed by atoms with Crippen molar-refractivity contribution in [2.24, 2.45) is 0 Å². The Hall–Kier alpha value is -2.44. The third-order valence-corrected chi connectivity index (χ3v) is 4.80. The molecule has 1 atom stereocenters. The lowest BCUT2D eigenvalue weighted by Crippen LogP contribution is -2.44. The molecule has 0 aromatic carbocycles. The van der Waals surface area contributed by atoms with Gasteiger partial charge in [0, 0.05) is 37.6 Å². The molecule has 126 valence electrons. The molecule has 3 heterocycles. The molecule has 0 bridgehead atoms. The predicted octanol–water partition coefficient (Wildman–Crippen LogP) is 1.91. The molecule has 1 aliphatic heterocycles. The molecular weight excluding hydrogens is 304 g/mol. The second kappa shape index (κ2) is 6.59. The molecule has 2 aromatic heterocycles. The molecule has 2 aliphatic rings. The summed E-state index contributed by atoms with van der Waals surface area (Å²) >= 11 is 0. The number of piperidine rings is 1. The highest BCUT2D eigenvalue weighted by Gasteiger charge is 2.25. The van der Waals surface area contributed by atoms with Crippen LogP contribution in [0.4, 0.5) is 11.8 Å². The topological polar surface area (TPSA) is 86.8 Å². The van der Waals surface area contributed by atoms with Gasteiger partial charge in [0.05, 0.1) is 0 Å². The first-order valence-electron chi connectivity index (χ1n) is 8.68. The third kappa shape index (κ3) is 3.39. The van der Waals surface area contributed by atoms with Crippen molar-refractivity contribution in [2.75, 3.05) is 23.3 Å². The van der Waals surface area contributed by atoms with Gasteiger partial charge in [-0.1, -0.05) is 0 Å². The average Bonchev–Trinajstić information content (AvgIpc) is 3.47. The summed E-state index contributed by atoms with van der Waals surface area (Å²) in [5.74, 6) is 2.18. The van der Waals surface area contributed by atoms with Crippen LogP contribution in [-0.4, -0.2) is 39.3 Å². The smallest absolute Gasteiger partial charge is 0.264 e. The van der Waals surface area contributed by atoms with Gasteiger partial charge in [-0.05, 0) is 49.7 Å². The van der Waals surface area contributed by atoms with Crippen LogP contribution in [0.5, 0.6) is 0 Å². The van der Waals surface area contributed by atoms with Gasteiger partial charge >= 0.3 is 0 Å². The molecule has 24 heavy (non-hydrogen) atoms. The Bertz CT molecular complexity index is 719. The highest BCUT2D eigenvalue weighted by molar-refractivity contribution is 5.39. The van der Waals surface area contributed by atoms with Crippen molar-refractivity contribution in [2.45, 2.75) is 44.1 Å². The Morgan fingerprint density at radius 1 is 1.17 bits per heavy atom. The van der Waals surface area contributed by atoms with E-state index in [1.165, 1.54) is 30.9 Å². The quantitative estimate of drug-likeness (QED) is 0.873. The maximum Gasteiger partial charge on any atom is 0.264 e. The van der Waals surface area contributed by atoms with Crippen LogP contribution < -0.4 is 15.8 Å². The molecule has 1 saturated carbocycles. The minimum absolute atomic E-state index is 0.172. The summed E-state index contributed by atoms with van der Waals surface area (Å²) in [6.45, 7) is 1.72. The zero-order valence-electron chi connectivity index (χ0n) is 13.6. The van der Waals surface area contributed by atoms with E-state index in [1.807, 2.05) is 12.4 Å². The predicted molar refractivity (Wildman–Crippen MR) is 92.3 cm³/mol. The molecule has 7 nitrogen and oxygen atoms in total. The Morgan fingerprint density at radius 3 is 2.71 bits per heavy atom. The lowest BCUT2D eigenvalue weighted by atomic mass is 10.0. The van der Waals surface area contributed by atoms with Crippen molar-refractivity contribution < 1.29 is 0 Å². The minimum atomic E-state index is -0.172. The van der Waals surface area contributed by atoms with Crippen LogP contribution in [0.1, 0.15) is 43.6 Å². The fraction of sp³-hybridized carbons (Fsp3) is 0.529. The summed E-state index contributed by atoms with van der Waals surface area (Å²) in [5.41, 5.74) is 1.08. The van der Waals surface area contributed by atoms with Crippen molar-refractivity contribution >= 4 is 11.8 Å². The first kappa shape index (κ1) is 15.1. The van der Waals surface area contributed by atoms with Crippen LogP contribution >= 0.6 is 0 Å². The Kier molecular flexibility index (Phi) is 4.15. The molecule has 2 aromatic rings. The zero-order valence-corrected chi connectivity index (χ0v) is 13.6. The highest BCUT2D eigenvalue weighted by atomic mass is 16.1. The summed E-state index contributed by atoms with van der Waals surface area (Å²) < 4.78 is 0. The summed E-state index contributed by atoms with van der Waals surface area (Å²) in [6.07, 6.45) is 9.84. The van der Waals surface area contributed by atoms with Gasteiger partial charge in [-0.2, -0.15) is 5.10 Å². The van der Waals surface area contributed by atoms with Crippen molar-refractivity contribution in [1.82, 2.24) is 20.2 Å². The molecule has 2 fully saturated rings. The number of hydrogen-bond acceptors (Lipinski definition) is 6. The minimum Gasteiger partial charge on any atom is -0.352 e. The van der Waals surface area contributed by atoms with E-state index in [1.54, 1.807) is 6.07 Å². The van der Waals surface area contributed by atoms with E-state index in [2.05, 4.69) is 30.4 Å². The fourth-order valence-corrected chi connectivity index (χ4v) is 3.28. The van der Waals surface area contributed by atoms with E-state index in [9.17, 15) is 4.79 Å². The van der Waals surface area contributed by atoms with Crippen LogP contribution in [0, 0.1) is 0 Å². The summed E-state index contributed by atoms with van der Waals surface area (Å²) in [4.78, 5) is 22.3. The van der Waals surface area contributed by atoms with E-state index in [-0.39, 0.29) is 5.56 Å². The second-order valence-corrected chi connectivity index (χ2v) is 6.62. The number of aromatic amines is 1. The average molecular weight is 326 g/mol. The van der Waals surface area contributed by atoms with Gasteiger partial charge in [0.2, 0.25) is 5.95 Å². The molecule has 0 amide bonds. The number of anilines is 2. The summed E-state index contributed by atoms with van der Waals surface area (Å²) in [6, 6.07) is 3.64. The van der Waals surface area contributed by atoms with Gasteiger partial charge < -0.3 is 10.2 Å². The van der Waals surface area contributed by atoms with Crippen molar-refractivity contribution in [3.63, 3.8) is 0 Å². The molecule has 0 spiro atoms. The van der Waals surface area contributed by atoms with Crippen molar-refractivity contribution in [3.8, 4) is 0 Å². The van der Waals surface area contributed by atoms with Gasteiger partial charge in [-0.3, -0.25) is 4.79 Å². The number of nitrogens with one attached hydrogen (secondary N) is 2. The Balaban J connectivity index is 1.41. The summed E-state index contributed by atoms with van der Waals surface area (Å²) in [5, 5.41) is 10.0. The maximum absolute atomic E-state index is 11.2. The molecule has 1 unspecified atom stereocenters. The normalized spacial score (nSPS) is 20.8. The second-order valence-electron chi connectivity index (χ2n) is 6.62. The number of aromatic nitrogens is 4. The number of rotatable bonds is 5. The maximum atomic E-state index is 11.2. The molecule has 1 aliphatic carbocycles. The SMILES string of the molecule is O=c1ccc(N2CCCCC2CNc2ncc(C3CC3)cn2)n[nH]1. The molecule has 2 N–H and O–H groups in total. The van der Waals surface area contributed by atoms with Gasteiger partial charge in [-0.15, -0.1) is 0 Å². The monoisotopic (exact) mass is 326 g/mol. The van der Waals surface area contributed by atoms with Crippen LogP contribution in [0.2, 0.25) is 0 Å². The number of H-pyrrole nitrogens is 1. The van der Waals surface area contributed by atoms with E-state index >= 15 is 0 Å². The lowest BCUT2D eigenvalue weighted by molar-refractivity contribution is 0.467. The van der Waals surface area contributed by atoms with Crippen LogP contribution in [-0.2, 0) is 0 Å². The first-order valence-corrected chi connectivity index (χ1v) is 8.68. The molecular formula is C17H22N6O. The van der Waals surface area contributed by atoms with Crippen molar-refractivity contribution in [3.05, 3.63) is 40.4 Å². The lowest BCUT2D eigenvalue weighted by Gasteiger charge is -2.36. The number of nitrogens with zero attached hydrogens (tertiary/aromatic N) is 4. The van der Waals surface area contributed by atoms with Gasteiger partial charge in [0.15, 0.2) is 0 Å². The molecule has 0 radical (unpaired) electrons. The molecule has 7 heteroatoms. The standard InChI is InChI=1S/C17H22N6O/c24-16-7-6-15(21-22-16)23-8-2-1-3-14(23)11-20-17-18-9-13(10-19-17)12-4-5-12/h6-7,9-10,12,14H,1-5,8,11H2,(H,22,24)(H,18,19,20). The van der Waals surface area contributed by atoms with E-state index < -0.39 is 0 Å². The highest BCUT2D eigenvalue weighted by Crippen LogP contribution is 2.39. The van der Waals surface area contributed by atoms with Gasteiger partial charge in [-0.25, -0.2) is 15.1 Å². The summed E-state index contributed by atoms with van der Waals surface area (Å²) in [7, 11) is 0. The third-order valence-electron chi connectivity index (χ3n) is 4.80. The zero-order chi connectivity index (χ0) is 16.4. The van der Waals surface area contributed by atoms with Crippen LogP contribution in [0.15, 0.2) is 29.3 Å². The van der Waals surface area contributed by atoms with Crippen LogP contribution in [0.25, 0.3) is 0 Å².